The van der Waals surface area contributed by atoms with E-state index in [0.29, 0.717) is 17.9 Å². The van der Waals surface area contributed by atoms with E-state index >= 15 is 0 Å². The van der Waals surface area contributed by atoms with Gasteiger partial charge in [0.15, 0.2) is 0 Å². The molecule has 0 saturated carbocycles. The summed E-state index contributed by atoms with van der Waals surface area (Å²) >= 11 is 2.19. The van der Waals surface area contributed by atoms with Gasteiger partial charge in [0.25, 0.3) is 5.91 Å². The van der Waals surface area contributed by atoms with E-state index in [1.807, 2.05) is 12.1 Å². The van der Waals surface area contributed by atoms with Gasteiger partial charge in [0.1, 0.15) is 0 Å². The van der Waals surface area contributed by atoms with Crippen molar-refractivity contribution in [3.8, 4) is 0 Å². The van der Waals surface area contributed by atoms with E-state index in [2.05, 4.69) is 27.9 Å². The van der Waals surface area contributed by atoms with Crippen LogP contribution in [0.15, 0.2) is 24.3 Å². The molecule has 82 valence electrons. The van der Waals surface area contributed by atoms with Crippen LogP contribution in [0.3, 0.4) is 0 Å². The van der Waals surface area contributed by atoms with Crippen LogP contribution < -0.4 is 5.32 Å². The van der Waals surface area contributed by atoms with Gasteiger partial charge in [-0.2, -0.15) is 0 Å². The van der Waals surface area contributed by atoms with Crippen molar-refractivity contribution < 1.29 is 9.00 Å². The van der Waals surface area contributed by atoms with Crippen molar-refractivity contribution in [3.63, 3.8) is 0 Å². The largest absolute Gasteiger partial charge is 0.351 e. The molecule has 0 aliphatic rings. The molecule has 0 aromatic heterocycles. The molecule has 1 rings (SSSR count). The van der Waals surface area contributed by atoms with Crippen LogP contribution in [0, 0.1) is 3.57 Å². The summed E-state index contributed by atoms with van der Waals surface area (Å²) in [6, 6.07) is 7.32. The van der Waals surface area contributed by atoms with E-state index in [9.17, 15) is 9.00 Å². The Bertz CT molecular complexity index is 364. The zero-order valence-electron chi connectivity index (χ0n) is 8.33. The average molecular weight is 337 g/mol. The molecule has 3 nitrogen and oxygen atoms in total. The van der Waals surface area contributed by atoms with Crippen molar-refractivity contribution in [3.05, 3.63) is 33.4 Å². The first-order valence-electron chi connectivity index (χ1n) is 4.43. The lowest BCUT2D eigenvalue weighted by Gasteiger charge is -2.03. The van der Waals surface area contributed by atoms with Gasteiger partial charge >= 0.3 is 0 Å². The number of amides is 1. The first kappa shape index (κ1) is 12.6. The standard InChI is InChI=1S/C10H12INO2S/c1-15(14)7-6-12-10(13)8-2-4-9(11)5-3-8/h2-5H,6-7H2,1H3,(H,12,13). The monoisotopic (exact) mass is 337 g/mol. The third-order valence-corrected chi connectivity index (χ3v) is 3.28. The highest BCUT2D eigenvalue weighted by Crippen LogP contribution is 2.06. The number of carbonyl (C=O) groups is 1. The number of hydrogen-bond acceptors (Lipinski definition) is 2. The lowest BCUT2D eigenvalue weighted by Crippen LogP contribution is -2.27. The van der Waals surface area contributed by atoms with Crippen LogP contribution >= 0.6 is 22.6 Å². The summed E-state index contributed by atoms with van der Waals surface area (Å²) in [7, 11) is -0.858. The SMILES string of the molecule is CS(=O)CCNC(=O)c1ccc(I)cc1. The molecule has 1 aromatic carbocycles. The van der Waals surface area contributed by atoms with Crippen molar-refractivity contribution in [1.29, 1.82) is 0 Å². The Labute approximate surface area is 105 Å². The highest BCUT2D eigenvalue weighted by atomic mass is 127. The smallest absolute Gasteiger partial charge is 0.251 e. The molecule has 0 fully saturated rings. The molecule has 1 amide bonds. The maximum absolute atomic E-state index is 11.5. The van der Waals surface area contributed by atoms with Crippen LogP contribution in [0.4, 0.5) is 0 Å². The first-order valence-corrected chi connectivity index (χ1v) is 7.24. The molecule has 0 bridgehead atoms. The van der Waals surface area contributed by atoms with Crippen LogP contribution in [-0.2, 0) is 10.8 Å². The molecule has 1 aromatic rings. The molecule has 0 aliphatic heterocycles. The van der Waals surface area contributed by atoms with E-state index in [0.717, 1.165) is 3.57 Å². The van der Waals surface area contributed by atoms with Gasteiger partial charge in [0.05, 0.1) is 0 Å². The van der Waals surface area contributed by atoms with E-state index in [1.54, 1.807) is 18.4 Å². The van der Waals surface area contributed by atoms with E-state index < -0.39 is 10.8 Å². The minimum atomic E-state index is -0.858. The maximum Gasteiger partial charge on any atom is 0.251 e. The molecular formula is C10H12INO2S. The number of carbonyl (C=O) groups excluding carboxylic acids is 1. The maximum atomic E-state index is 11.5. The van der Waals surface area contributed by atoms with Crippen LogP contribution in [-0.4, -0.2) is 28.7 Å². The van der Waals surface area contributed by atoms with Crippen LogP contribution in [0.25, 0.3) is 0 Å². The Kier molecular flexibility index (Phi) is 5.24. The molecule has 1 unspecified atom stereocenters. The second-order valence-corrected chi connectivity index (χ2v) is 5.84. The highest BCUT2D eigenvalue weighted by Gasteiger charge is 2.03. The van der Waals surface area contributed by atoms with Crippen LogP contribution in [0.1, 0.15) is 10.4 Å². The normalized spacial score (nSPS) is 12.1. The van der Waals surface area contributed by atoms with Crippen LogP contribution in [0.2, 0.25) is 0 Å². The number of rotatable bonds is 4. The number of nitrogens with one attached hydrogen (secondary N) is 1. The molecule has 0 heterocycles. The summed E-state index contributed by atoms with van der Waals surface area (Å²) in [5.74, 6) is 0.382. The summed E-state index contributed by atoms with van der Waals surface area (Å²) in [6.07, 6.45) is 1.62. The topological polar surface area (TPSA) is 46.2 Å². The van der Waals surface area contributed by atoms with Gasteiger partial charge in [-0.15, -0.1) is 0 Å². The van der Waals surface area contributed by atoms with Gasteiger partial charge < -0.3 is 5.32 Å². The summed E-state index contributed by atoms with van der Waals surface area (Å²) in [4.78, 5) is 11.5. The molecule has 5 heteroatoms. The Balaban J connectivity index is 2.47. The van der Waals surface area contributed by atoms with Gasteiger partial charge in [0.2, 0.25) is 0 Å². The van der Waals surface area contributed by atoms with Crippen molar-refractivity contribution in [1.82, 2.24) is 5.32 Å². The Morgan fingerprint density at radius 3 is 2.53 bits per heavy atom. The minimum absolute atomic E-state index is 0.114. The molecule has 0 saturated heterocycles. The lowest BCUT2D eigenvalue weighted by molar-refractivity contribution is 0.0956. The molecule has 15 heavy (non-hydrogen) atoms. The molecule has 0 aliphatic carbocycles. The number of hydrogen-bond donors (Lipinski definition) is 1. The Morgan fingerprint density at radius 2 is 2.00 bits per heavy atom. The van der Waals surface area contributed by atoms with E-state index in [-0.39, 0.29) is 5.91 Å². The summed E-state index contributed by atoms with van der Waals surface area (Å²) in [6.45, 7) is 0.452. The third kappa shape index (κ3) is 4.74. The summed E-state index contributed by atoms with van der Waals surface area (Å²) in [5.41, 5.74) is 0.636. The fourth-order valence-electron chi connectivity index (χ4n) is 1.01. The average Bonchev–Trinajstić information content (AvgIpc) is 2.18. The third-order valence-electron chi connectivity index (χ3n) is 1.78. The van der Waals surface area contributed by atoms with Crippen LogP contribution in [0.5, 0.6) is 0 Å². The fourth-order valence-corrected chi connectivity index (χ4v) is 1.76. The van der Waals surface area contributed by atoms with Crippen molar-refractivity contribution in [2.75, 3.05) is 18.6 Å². The molecule has 0 spiro atoms. The second kappa shape index (κ2) is 6.22. The van der Waals surface area contributed by atoms with Gasteiger partial charge in [-0.05, 0) is 46.9 Å². The summed E-state index contributed by atoms with van der Waals surface area (Å²) in [5, 5.41) is 2.72. The van der Waals surface area contributed by atoms with Gasteiger partial charge in [-0.1, -0.05) is 0 Å². The lowest BCUT2D eigenvalue weighted by atomic mass is 10.2. The molecular weight excluding hydrogens is 325 g/mol. The molecule has 0 radical (unpaired) electrons. The number of benzene rings is 1. The molecule has 1 atom stereocenters. The summed E-state index contributed by atoms with van der Waals surface area (Å²) < 4.78 is 11.9. The first-order chi connectivity index (χ1) is 7.09. The molecule has 1 N–H and O–H groups in total. The zero-order valence-corrected chi connectivity index (χ0v) is 11.3. The van der Waals surface area contributed by atoms with Gasteiger partial charge in [-0.25, -0.2) is 0 Å². The van der Waals surface area contributed by atoms with E-state index in [1.165, 1.54) is 0 Å². The van der Waals surface area contributed by atoms with Crippen molar-refractivity contribution in [2.45, 2.75) is 0 Å². The van der Waals surface area contributed by atoms with Gasteiger partial charge in [-0.3, -0.25) is 9.00 Å². The van der Waals surface area contributed by atoms with Gasteiger partial charge in [0, 0.05) is 38.5 Å². The predicted octanol–water partition coefficient (Wildman–Crippen LogP) is 1.40. The van der Waals surface area contributed by atoms with E-state index in [4.69, 9.17) is 0 Å². The Morgan fingerprint density at radius 1 is 1.40 bits per heavy atom. The minimum Gasteiger partial charge on any atom is -0.351 e. The quantitative estimate of drug-likeness (QED) is 0.845. The Hall–Kier alpha value is -0.430. The number of halogens is 1. The van der Waals surface area contributed by atoms with Crippen molar-refractivity contribution in [2.24, 2.45) is 0 Å². The predicted molar refractivity (Wildman–Crippen MR) is 70.4 cm³/mol. The highest BCUT2D eigenvalue weighted by molar-refractivity contribution is 14.1. The second-order valence-electron chi connectivity index (χ2n) is 3.04. The fraction of sp³-hybridized carbons (Fsp3) is 0.300. The van der Waals surface area contributed by atoms with Crippen molar-refractivity contribution >= 4 is 39.3 Å². The zero-order chi connectivity index (χ0) is 11.3.